The number of unbranched alkanes of at least 4 members (excludes halogenated alkanes) is 2. The maximum atomic E-state index is 9.20. The zero-order chi connectivity index (χ0) is 10.4. The molecule has 2 heteroatoms. The molecular formula is C12H17NO. The lowest BCUT2D eigenvalue weighted by molar-refractivity contribution is 0.478. The van der Waals surface area contributed by atoms with E-state index < -0.39 is 0 Å². The Balaban J connectivity index is 2.59. The molecule has 0 aliphatic rings. The number of nitrogens with two attached hydrogens (primary N) is 1. The Morgan fingerprint density at radius 1 is 1.43 bits per heavy atom. The van der Waals surface area contributed by atoms with Gasteiger partial charge in [-0.25, -0.2) is 0 Å². The summed E-state index contributed by atoms with van der Waals surface area (Å²) in [5.74, 6) is 0.149. The van der Waals surface area contributed by atoms with Crippen molar-refractivity contribution in [1.29, 1.82) is 0 Å². The van der Waals surface area contributed by atoms with Gasteiger partial charge in [0.25, 0.3) is 0 Å². The van der Waals surface area contributed by atoms with Crippen molar-refractivity contribution in [3.05, 3.63) is 29.8 Å². The summed E-state index contributed by atoms with van der Waals surface area (Å²) in [4.78, 5) is 0. The van der Waals surface area contributed by atoms with Crippen LogP contribution >= 0.6 is 0 Å². The van der Waals surface area contributed by atoms with Gasteiger partial charge >= 0.3 is 0 Å². The molecule has 0 amide bonds. The molecule has 1 aromatic carbocycles. The second-order valence-electron chi connectivity index (χ2n) is 3.36. The van der Waals surface area contributed by atoms with Crippen LogP contribution in [-0.2, 0) is 0 Å². The SMILES string of the molecule is CCCCC=Cc1ccc(O)c(N)c1. The molecule has 0 saturated carbocycles. The van der Waals surface area contributed by atoms with Crippen LogP contribution in [0.3, 0.4) is 0 Å². The normalized spacial score (nSPS) is 10.9. The molecule has 2 nitrogen and oxygen atoms in total. The Kier molecular flexibility index (Phi) is 4.05. The van der Waals surface area contributed by atoms with Crippen molar-refractivity contribution in [2.75, 3.05) is 5.73 Å². The average Bonchev–Trinajstić information content (AvgIpc) is 2.18. The smallest absolute Gasteiger partial charge is 0.138 e. The molecule has 0 bridgehead atoms. The molecular weight excluding hydrogens is 174 g/mol. The zero-order valence-electron chi connectivity index (χ0n) is 8.53. The molecule has 0 unspecified atom stereocenters. The highest BCUT2D eigenvalue weighted by Gasteiger charge is 1.95. The summed E-state index contributed by atoms with van der Waals surface area (Å²) in [6.45, 7) is 2.17. The lowest BCUT2D eigenvalue weighted by atomic mass is 10.1. The second-order valence-corrected chi connectivity index (χ2v) is 3.36. The molecule has 0 saturated heterocycles. The summed E-state index contributed by atoms with van der Waals surface area (Å²) in [7, 11) is 0. The Morgan fingerprint density at radius 2 is 2.21 bits per heavy atom. The van der Waals surface area contributed by atoms with Crippen molar-refractivity contribution in [3.63, 3.8) is 0 Å². The second kappa shape index (κ2) is 5.32. The first-order chi connectivity index (χ1) is 6.74. The van der Waals surface area contributed by atoms with Crippen molar-refractivity contribution >= 4 is 11.8 Å². The van der Waals surface area contributed by atoms with E-state index in [1.54, 1.807) is 12.1 Å². The van der Waals surface area contributed by atoms with Crippen LogP contribution in [0.4, 0.5) is 5.69 Å². The standard InChI is InChI=1S/C12H17NO/c1-2-3-4-5-6-10-7-8-12(14)11(13)9-10/h5-9,14H,2-4,13H2,1H3. The molecule has 0 spiro atoms. The number of nitrogen functional groups attached to an aromatic ring is 1. The molecule has 1 rings (SSSR count). The van der Waals surface area contributed by atoms with Gasteiger partial charge in [-0.3, -0.25) is 0 Å². The molecule has 0 aliphatic carbocycles. The monoisotopic (exact) mass is 191 g/mol. The predicted octanol–water partition coefficient (Wildman–Crippen LogP) is 3.18. The quantitative estimate of drug-likeness (QED) is 0.436. The highest BCUT2D eigenvalue weighted by Crippen LogP contribution is 2.21. The van der Waals surface area contributed by atoms with Crippen LogP contribution in [0, 0.1) is 0 Å². The van der Waals surface area contributed by atoms with Crippen LogP contribution in [0.5, 0.6) is 5.75 Å². The van der Waals surface area contributed by atoms with Gasteiger partial charge in [0.1, 0.15) is 5.75 Å². The summed E-state index contributed by atoms with van der Waals surface area (Å²) in [6.07, 6.45) is 7.68. The van der Waals surface area contributed by atoms with Gasteiger partial charge in [0.05, 0.1) is 5.69 Å². The minimum Gasteiger partial charge on any atom is -0.506 e. The number of rotatable bonds is 4. The van der Waals surface area contributed by atoms with Crippen molar-refractivity contribution in [2.24, 2.45) is 0 Å². The minimum absolute atomic E-state index is 0.149. The Morgan fingerprint density at radius 3 is 2.86 bits per heavy atom. The molecule has 76 valence electrons. The number of allylic oxidation sites excluding steroid dienone is 1. The Labute approximate surface area is 85.1 Å². The van der Waals surface area contributed by atoms with Crippen molar-refractivity contribution in [2.45, 2.75) is 26.2 Å². The van der Waals surface area contributed by atoms with E-state index in [0.29, 0.717) is 5.69 Å². The van der Waals surface area contributed by atoms with Crippen LogP contribution in [-0.4, -0.2) is 5.11 Å². The molecule has 0 heterocycles. The van der Waals surface area contributed by atoms with Crippen molar-refractivity contribution in [1.82, 2.24) is 0 Å². The van der Waals surface area contributed by atoms with E-state index in [1.807, 2.05) is 12.1 Å². The summed E-state index contributed by atoms with van der Waals surface area (Å²) < 4.78 is 0. The Hall–Kier alpha value is -1.44. The number of phenolic OH excluding ortho intramolecular Hbond substituents is 1. The fourth-order valence-corrected chi connectivity index (χ4v) is 1.22. The van der Waals surface area contributed by atoms with Gasteiger partial charge in [0.2, 0.25) is 0 Å². The highest BCUT2D eigenvalue weighted by atomic mass is 16.3. The van der Waals surface area contributed by atoms with E-state index in [2.05, 4.69) is 13.0 Å². The lowest BCUT2D eigenvalue weighted by Crippen LogP contribution is -1.85. The lowest BCUT2D eigenvalue weighted by Gasteiger charge is -1.99. The third-order valence-electron chi connectivity index (χ3n) is 2.09. The first-order valence-electron chi connectivity index (χ1n) is 4.99. The molecule has 0 atom stereocenters. The molecule has 1 aromatic rings. The van der Waals surface area contributed by atoms with Crippen LogP contribution in [0.2, 0.25) is 0 Å². The first-order valence-corrected chi connectivity index (χ1v) is 4.99. The van der Waals surface area contributed by atoms with Crippen LogP contribution in [0.25, 0.3) is 6.08 Å². The summed E-state index contributed by atoms with van der Waals surface area (Å²) in [5, 5.41) is 9.20. The fourth-order valence-electron chi connectivity index (χ4n) is 1.22. The van der Waals surface area contributed by atoms with Gasteiger partial charge in [-0.1, -0.05) is 38.0 Å². The Bertz CT molecular complexity index is 318. The van der Waals surface area contributed by atoms with Crippen LogP contribution in [0.1, 0.15) is 31.7 Å². The molecule has 0 aromatic heterocycles. The number of aromatic hydroxyl groups is 1. The average molecular weight is 191 g/mol. The van der Waals surface area contributed by atoms with E-state index in [9.17, 15) is 5.11 Å². The van der Waals surface area contributed by atoms with E-state index >= 15 is 0 Å². The molecule has 14 heavy (non-hydrogen) atoms. The van der Waals surface area contributed by atoms with Gasteiger partial charge in [0, 0.05) is 0 Å². The molecule has 0 aliphatic heterocycles. The van der Waals surface area contributed by atoms with E-state index in [4.69, 9.17) is 5.73 Å². The summed E-state index contributed by atoms with van der Waals surface area (Å²) in [6, 6.07) is 5.25. The van der Waals surface area contributed by atoms with Gasteiger partial charge in [0.15, 0.2) is 0 Å². The minimum atomic E-state index is 0.149. The third-order valence-corrected chi connectivity index (χ3v) is 2.09. The topological polar surface area (TPSA) is 46.2 Å². The first kappa shape index (κ1) is 10.6. The molecule has 0 radical (unpaired) electrons. The number of hydrogen-bond acceptors (Lipinski definition) is 2. The third kappa shape index (κ3) is 3.13. The number of hydrogen-bond donors (Lipinski definition) is 2. The predicted molar refractivity (Wildman–Crippen MR) is 61.1 cm³/mol. The van der Waals surface area contributed by atoms with Crippen molar-refractivity contribution in [3.8, 4) is 5.75 Å². The van der Waals surface area contributed by atoms with Crippen LogP contribution in [0.15, 0.2) is 24.3 Å². The summed E-state index contributed by atoms with van der Waals surface area (Å²) >= 11 is 0. The highest BCUT2D eigenvalue weighted by molar-refractivity contribution is 5.61. The largest absolute Gasteiger partial charge is 0.506 e. The molecule has 3 N–H and O–H groups in total. The van der Waals surface area contributed by atoms with Crippen LogP contribution < -0.4 is 5.73 Å². The van der Waals surface area contributed by atoms with Gasteiger partial charge in [-0.2, -0.15) is 0 Å². The fraction of sp³-hybridized carbons (Fsp3) is 0.333. The zero-order valence-corrected chi connectivity index (χ0v) is 8.53. The van der Waals surface area contributed by atoms with Crippen molar-refractivity contribution < 1.29 is 5.11 Å². The number of anilines is 1. The molecule has 0 fully saturated rings. The van der Waals surface area contributed by atoms with Gasteiger partial charge in [-0.05, 0) is 24.1 Å². The maximum absolute atomic E-state index is 9.20. The van der Waals surface area contributed by atoms with E-state index in [0.717, 1.165) is 12.0 Å². The van der Waals surface area contributed by atoms with Gasteiger partial charge < -0.3 is 10.8 Å². The summed E-state index contributed by atoms with van der Waals surface area (Å²) in [5.41, 5.74) is 7.04. The van der Waals surface area contributed by atoms with E-state index in [1.165, 1.54) is 12.8 Å². The van der Waals surface area contributed by atoms with Gasteiger partial charge in [-0.15, -0.1) is 0 Å². The number of benzene rings is 1. The number of phenols is 1. The van der Waals surface area contributed by atoms with E-state index in [-0.39, 0.29) is 5.75 Å². The maximum Gasteiger partial charge on any atom is 0.138 e.